The molecule has 0 aromatic heterocycles. The first-order chi connectivity index (χ1) is 10.8. The van der Waals surface area contributed by atoms with Gasteiger partial charge in [0.1, 0.15) is 12.6 Å². The molecule has 1 amide bonds. The van der Waals surface area contributed by atoms with Gasteiger partial charge in [-0.05, 0) is 5.56 Å². The summed E-state index contributed by atoms with van der Waals surface area (Å²) in [4.78, 5) is 26.2. The predicted molar refractivity (Wildman–Crippen MR) is 86.7 cm³/mol. The van der Waals surface area contributed by atoms with Crippen LogP contribution in [0.2, 0.25) is 0 Å². The minimum atomic E-state index is -0.682. The second kappa shape index (κ2) is 6.86. The Morgan fingerprint density at radius 2 is 2.00 bits per heavy atom. The molecule has 1 fully saturated rings. The molecule has 124 valence electrons. The number of carbonyl (C=O) groups is 2. The quantitative estimate of drug-likeness (QED) is 0.632. The van der Waals surface area contributed by atoms with Crippen molar-refractivity contribution in [1.29, 1.82) is 0 Å². The van der Waals surface area contributed by atoms with Gasteiger partial charge in [-0.3, -0.25) is 4.90 Å². The summed E-state index contributed by atoms with van der Waals surface area (Å²) >= 11 is 0. The van der Waals surface area contributed by atoms with E-state index < -0.39 is 29.7 Å². The second-order valence-electron chi connectivity index (χ2n) is 6.63. The van der Waals surface area contributed by atoms with Gasteiger partial charge in [-0.1, -0.05) is 63.8 Å². The molecule has 1 heterocycles. The van der Waals surface area contributed by atoms with Gasteiger partial charge in [-0.25, -0.2) is 9.59 Å². The summed E-state index contributed by atoms with van der Waals surface area (Å²) in [6.07, 6.45) is 0.683. The number of nitrogens with zero attached hydrogens (tertiary/aromatic N) is 1. The topological polar surface area (TPSA) is 55.8 Å². The van der Waals surface area contributed by atoms with Crippen molar-refractivity contribution in [2.45, 2.75) is 39.5 Å². The van der Waals surface area contributed by atoms with Crippen LogP contribution in [0.4, 0.5) is 4.79 Å². The molecule has 1 saturated heterocycles. The fourth-order valence-electron chi connectivity index (χ4n) is 2.56. The highest BCUT2D eigenvalue weighted by molar-refractivity contribution is 5.85. The Bertz CT molecular complexity index is 576. The van der Waals surface area contributed by atoms with Crippen LogP contribution < -0.4 is 0 Å². The molecule has 0 aliphatic carbocycles. The Labute approximate surface area is 136 Å². The molecule has 5 heteroatoms. The van der Waals surface area contributed by atoms with Crippen LogP contribution in [0.5, 0.6) is 0 Å². The summed E-state index contributed by atoms with van der Waals surface area (Å²) < 4.78 is 10.6. The summed E-state index contributed by atoms with van der Waals surface area (Å²) in [5, 5.41) is 0. The van der Waals surface area contributed by atoms with E-state index in [0.29, 0.717) is 6.42 Å². The highest BCUT2D eigenvalue weighted by Crippen LogP contribution is 2.34. The lowest BCUT2D eigenvalue weighted by Gasteiger charge is -2.33. The van der Waals surface area contributed by atoms with E-state index in [0.717, 1.165) is 5.56 Å². The Morgan fingerprint density at radius 1 is 1.35 bits per heavy atom. The molecule has 0 spiro atoms. The smallest absolute Gasteiger partial charge is 0.413 e. The number of hydrogen-bond acceptors (Lipinski definition) is 4. The molecule has 23 heavy (non-hydrogen) atoms. The number of hydrogen-bond donors (Lipinski definition) is 0. The Morgan fingerprint density at radius 3 is 2.57 bits per heavy atom. The van der Waals surface area contributed by atoms with Gasteiger partial charge in [0.25, 0.3) is 0 Å². The SMILES string of the molecule is C=CCOC(=O)N1[C@H](C(C)(C)C)OC(=O)[C@@H]1Cc1ccccc1. The molecule has 2 rings (SSSR count). The van der Waals surface area contributed by atoms with Crippen LogP contribution in [0.1, 0.15) is 26.3 Å². The molecule has 2 atom stereocenters. The third-order valence-electron chi connectivity index (χ3n) is 3.64. The lowest BCUT2D eigenvalue weighted by Crippen LogP contribution is -2.48. The van der Waals surface area contributed by atoms with Crippen LogP contribution >= 0.6 is 0 Å². The number of ether oxygens (including phenoxy) is 2. The largest absolute Gasteiger partial charge is 0.445 e. The van der Waals surface area contributed by atoms with Gasteiger partial charge in [0.05, 0.1) is 0 Å². The highest BCUT2D eigenvalue weighted by atomic mass is 16.6. The average molecular weight is 317 g/mol. The van der Waals surface area contributed by atoms with Crippen molar-refractivity contribution in [2.24, 2.45) is 5.41 Å². The third kappa shape index (κ3) is 3.92. The van der Waals surface area contributed by atoms with Gasteiger partial charge in [-0.2, -0.15) is 0 Å². The van der Waals surface area contributed by atoms with Crippen molar-refractivity contribution in [3.05, 3.63) is 48.6 Å². The van der Waals surface area contributed by atoms with Gasteiger partial charge in [0, 0.05) is 11.8 Å². The van der Waals surface area contributed by atoms with E-state index in [9.17, 15) is 9.59 Å². The normalized spacial score (nSPS) is 21.0. The van der Waals surface area contributed by atoms with E-state index in [1.54, 1.807) is 0 Å². The number of esters is 1. The monoisotopic (exact) mass is 317 g/mol. The molecule has 0 saturated carbocycles. The molecule has 1 aliphatic rings. The Kier molecular flexibility index (Phi) is 5.08. The Hall–Kier alpha value is -2.30. The zero-order valence-corrected chi connectivity index (χ0v) is 13.8. The second-order valence-corrected chi connectivity index (χ2v) is 6.63. The van der Waals surface area contributed by atoms with Gasteiger partial charge in [-0.15, -0.1) is 0 Å². The molecule has 0 bridgehead atoms. The fourth-order valence-corrected chi connectivity index (χ4v) is 2.56. The van der Waals surface area contributed by atoms with Gasteiger partial charge < -0.3 is 9.47 Å². The van der Waals surface area contributed by atoms with E-state index in [1.165, 1.54) is 11.0 Å². The van der Waals surface area contributed by atoms with Crippen molar-refractivity contribution >= 4 is 12.1 Å². The molecular formula is C18H23NO4. The molecule has 0 unspecified atom stereocenters. The number of carbonyl (C=O) groups excluding carboxylic acids is 2. The van der Waals surface area contributed by atoms with Gasteiger partial charge >= 0.3 is 12.1 Å². The third-order valence-corrected chi connectivity index (χ3v) is 3.64. The maximum Gasteiger partial charge on any atom is 0.413 e. The van der Waals surface area contributed by atoms with Crippen LogP contribution in [0, 0.1) is 5.41 Å². The lowest BCUT2D eigenvalue weighted by atomic mass is 9.93. The molecule has 1 aromatic carbocycles. The summed E-state index contributed by atoms with van der Waals surface area (Å²) in [5.74, 6) is -0.399. The van der Waals surface area contributed by atoms with Crippen molar-refractivity contribution in [2.75, 3.05) is 6.61 Å². The van der Waals surface area contributed by atoms with Gasteiger partial charge in [0.2, 0.25) is 0 Å². The highest BCUT2D eigenvalue weighted by Gasteiger charge is 2.50. The van der Waals surface area contributed by atoms with E-state index in [4.69, 9.17) is 9.47 Å². The minimum absolute atomic E-state index is 0.0957. The summed E-state index contributed by atoms with van der Waals surface area (Å²) in [6, 6.07) is 8.87. The van der Waals surface area contributed by atoms with Crippen molar-refractivity contribution in [3.8, 4) is 0 Å². The summed E-state index contributed by atoms with van der Waals surface area (Å²) in [7, 11) is 0. The molecule has 1 aliphatic heterocycles. The minimum Gasteiger partial charge on any atom is -0.445 e. The molecule has 0 radical (unpaired) electrons. The maximum absolute atomic E-state index is 12.4. The standard InChI is InChI=1S/C18H23NO4/c1-5-11-22-17(21)19-14(12-13-9-7-6-8-10-13)15(20)23-16(19)18(2,3)4/h5-10,14,16H,1,11-12H2,2-4H3/t14-,16-/m0/s1. The van der Waals surface area contributed by atoms with E-state index in [-0.39, 0.29) is 6.61 Å². The Balaban J connectivity index is 2.27. The van der Waals surface area contributed by atoms with E-state index >= 15 is 0 Å². The van der Waals surface area contributed by atoms with Crippen LogP contribution in [0.15, 0.2) is 43.0 Å². The first-order valence-corrected chi connectivity index (χ1v) is 7.65. The number of cyclic esters (lactones) is 1. The number of amides is 1. The van der Waals surface area contributed by atoms with Crippen molar-refractivity contribution in [3.63, 3.8) is 0 Å². The maximum atomic E-state index is 12.4. The number of benzene rings is 1. The van der Waals surface area contributed by atoms with Gasteiger partial charge in [0.15, 0.2) is 6.23 Å². The van der Waals surface area contributed by atoms with Crippen LogP contribution in [-0.2, 0) is 20.7 Å². The fraction of sp³-hybridized carbons (Fsp3) is 0.444. The van der Waals surface area contributed by atoms with Crippen molar-refractivity contribution < 1.29 is 19.1 Å². The lowest BCUT2D eigenvalue weighted by molar-refractivity contribution is -0.147. The molecule has 1 aromatic rings. The van der Waals surface area contributed by atoms with Crippen LogP contribution in [-0.4, -0.2) is 35.8 Å². The molecule has 0 N–H and O–H groups in total. The number of rotatable bonds is 4. The summed E-state index contributed by atoms with van der Waals surface area (Å²) in [5.41, 5.74) is 0.555. The predicted octanol–water partition coefficient (Wildman–Crippen LogP) is 3.15. The molecular weight excluding hydrogens is 294 g/mol. The van der Waals surface area contributed by atoms with E-state index in [1.807, 2.05) is 51.1 Å². The first kappa shape index (κ1) is 17.1. The van der Waals surface area contributed by atoms with E-state index in [2.05, 4.69) is 6.58 Å². The summed E-state index contributed by atoms with van der Waals surface area (Å²) in [6.45, 7) is 9.39. The van der Waals surface area contributed by atoms with Crippen LogP contribution in [0.3, 0.4) is 0 Å². The zero-order chi connectivity index (χ0) is 17.0. The zero-order valence-electron chi connectivity index (χ0n) is 13.8. The molecule has 5 nitrogen and oxygen atoms in total. The average Bonchev–Trinajstić information content (AvgIpc) is 2.83. The van der Waals surface area contributed by atoms with Crippen molar-refractivity contribution in [1.82, 2.24) is 4.90 Å². The van der Waals surface area contributed by atoms with Crippen LogP contribution in [0.25, 0.3) is 0 Å². The first-order valence-electron chi connectivity index (χ1n) is 7.65.